The van der Waals surface area contributed by atoms with E-state index in [2.05, 4.69) is 19.5 Å². The molecule has 1 aliphatic carbocycles. The molecule has 0 amide bonds. The maximum Gasteiger partial charge on any atom is 0.499 e. The third-order valence-electron chi connectivity index (χ3n) is 5.17. The largest absolute Gasteiger partial charge is 0.499 e. The number of alkyl halides is 10. The van der Waals surface area contributed by atoms with E-state index in [4.69, 9.17) is 11.5 Å². The van der Waals surface area contributed by atoms with E-state index in [1.54, 1.807) is 0 Å². The summed E-state index contributed by atoms with van der Waals surface area (Å²) in [7, 11) is 0. The summed E-state index contributed by atoms with van der Waals surface area (Å²) in [5.74, 6) is -3.47. The minimum Gasteiger partial charge on any atom is -0.426 e. The van der Waals surface area contributed by atoms with Crippen LogP contribution in [0.2, 0.25) is 0 Å². The smallest absolute Gasteiger partial charge is 0.426 e. The number of nitrogens with two attached hydrogens (primary N) is 2. The summed E-state index contributed by atoms with van der Waals surface area (Å²) < 4.78 is 138. The molecule has 0 unspecified atom stereocenters. The molecule has 1 fully saturated rings. The highest BCUT2D eigenvalue weighted by Crippen LogP contribution is 2.47. The standard InChI is InChI=1S/C18H17F10N5O2/c19-15(20,21)17(25,26)34-9-4-5-11(35-18(27,28)16(22,23)24)10(8-9)33-13(30)31-12(29)32-14(33)6-2-1-3-7-14/h4-5,8H,1-3,6-7H2,(H4,29,30,31,32). The second-order valence-electron chi connectivity index (χ2n) is 7.68. The van der Waals surface area contributed by atoms with Gasteiger partial charge >= 0.3 is 24.6 Å². The van der Waals surface area contributed by atoms with Crippen LogP contribution >= 0.6 is 0 Å². The van der Waals surface area contributed by atoms with E-state index >= 15 is 0 Å². The highest BCUT2D eigenvalue weighted by molar-refractivity contribution is 6.06. The monoisotopic (exact) mass is 525 g/mol. The first kappa shape index (κ1) is 26.5. The second kappa shape index (κ2) is 8.51. The Balaban J connectivity index is 2.17. The first-order chi connectivity index (χ1) is 15.9. The Morgan fingerprint density at radius 3 is 1.89 bits per heavy atom. The van der Waals surface area contributed by atoms with Crippen molar-refractivity contribution in [3.63, 3.8) is 0 Å². The summed E-state index contributed by atoms with van der Waals surface area (Å²) in [5, 5.41) is 0. The summed E-state index contributed by atoms with van der Waals surface area (Å²) in [6.45, 7) is 0. The molecule has 1 heterocycles. The van der Waals surface area contributed by atoms with Crippen LogP contribution in [0.5, 0.6) is 11.5 Å². The van der Waals surface area contributed by atoms with Gasteiger partial charge in [-0.15, -0.1) is 0 Å². The lowest BCUT2D eigenvalue weighted by molar-refractivity contribution is -0.361. The van der Waals surface area contributed by atoms with Crippen LogP contribution in [0, 0.1) is 0 Å². The minimum atomic E-state index is -6.20. The first-order valence-corrected chi connectivity index (χ1v) is 9.79. The molecular weight excluding hydrogens is 508 g/mol. The van der Waals surface area contributed by atoms with E-state index in [0.717, 1.165) is 4.90 Å². The van der Waals surface area contributed by atoms with Crippen molar-refractivity contribution in [1.29, 1.82) is 0 Å². The number of nitrogens with zero attached hydrogens (tertiary/aromatic N) is 3. The van der Waals surface area contributed by atoms with Gasteiger partial charge in [0.05, 0.1) is 5.69 Å². The number of hydrogen-bond acceptors (Lipinski definition) is 7. The molecule has 1 aromatic rings. The van der Waals surface area contributed by atoms with E-state index < -0.39 is 53.4 Å². The molecule has 0 atom stereocenters. The van der Waals surface area contributed by atoms with E-state index in [-0.39, 0.29) is 18.8 Å². The maximum absolute atomic E-state index is 13.7. The van der Waals surface area contributed by atoms with Crippen LogP contribution < -0.4 is 25.8 Å². The van der Waals surface area contributed by atoms with E-state index in [1.807, 2.05) is 0 Å². The van der Waals surface area contributed by atoms with Gasteiger partial charge < -0.3 is 20.9 Å². The summed E-state index contributed by atoms with van der Waals surface area (Å²) in [5.41, 5.74) is 9.11. The van der Waals surface area contributed by atoms with Crippen LogP contribution in [-0.4, -0.2) is 42.2 Å². The molecule has 1 aromatic carbocycles. The Labute approximate surface area is 190 Å². The number of ether oxygens (including phenoxy) is 2. The topological polar surface area (TPSA) is 98.5 Å². The number of benzene rings is 1. The zero-order valence-corrected chi connectivity index (χ0v) is 17.4. The zero-order valence-electron chi connectivity index (χ0n) is 17.4. The van der Waals surface area contributed by atoms with Crippen LogP contribution in [0.3, 0.4) is 0 Å². The summed E-state index contributed by atoms with van der Waals surface area (Å²) in [4.78, 5) is 8.57. The average Bonchev–Trinajstić information content (AvgIpc) is 2.67. The third kappa shape index (κ3) is 5.12. The van der Waals surface area contributed by atoms with E-state index in [1.165, 1.54) is 0 Å². The van der Waals surface area contributed by atoms with Gasteiger partial charge in [0.1, 0.15) is 11.4 Å². The number of rotatable bonds is 5. The molecule has 0 bridgehead atoms. The van der Waals surface area contributed by atoms with Crippen molar-refractivity contribution in [2.24, 2.45) is 21.5 Å². The van der Waals surface area contributed by atoms with Crippen LogP contribution in [-0.2, 0) is 0 Å². The zero-order chi connectivity index (χ0) is 26.4. The van der Waals surface area contributed by atoms with Crippen molar-refractivity contribution in [1.82, 2.24) is 0 Å². The van der Waals surface area contributed by atoms with Gasteiger partial charge in [-0.05, 0) is 37.8 Å². The van der Waals surface area contributed by atoms with Crippen LogP contribution in [0.25, 0.3) is 0 Å². The lowest BCUT2D eigenvalue weighted by Gasteiger charge is -2.46. The van der Waals surface area contributed by atoms with E-state index in [0.29, 0.717) is 37.5 Å². The molecule has 1 spiro atoms. The lowest BCUT2D eigenvalue weighted by Crippen LogP contribution is -2.58. The molecule has 1 saturated carbocycles. The molecule has 4 N–H and O–H groups in total. The molecule has 3 rings (SSSR count). The van der Waals surface area contributed by atoms with Gasteiger partial charge in [-0.25, -0.2) is 4.99 Å². The molecule has 7 nitrogen and oxygen atoms in total. The predicted octanol–water partition coefficient (Wildman–Crippen LogP) is 4.86. The lowest BCUT2D eigenvalue weighted by atomic mass is 9.87. The van der Waals surface area contributed by atoms with Crippen LogP contribution in [0.15, 0.2) is 28.2 Å². The number of halogens is 10. The third-order valence-corrected chi connectivity index (χ3v) is 5.17. The SMILES string of the molecule is NC1=NC2(CCCCC2)N(c2cc(OC(F)(F)C(F)(F)F)ccc2OC(F)(F)C(F)(F)F)C(N)=N1. The van der Waals surface area contributed by atoms with Gasteiger partial charge in [-0.1, -0.05) is 6.42 Å². The number of anilines is 1. The number of guanidine groups is 2. The van der Waals surface area contributed by atoms with Gasteiger partial charge in [-0.3, -0.25) is 4.90 Å². The van der Waals surface area contributed by atoms with Gasteiger partial charge in [-0.2, -0.15) is 48.9 Å². The van der Waals surface area contributed by atoms with Crippen molar-refractivity contribution in [3.05, 3.63) is 18.2 Å². The molecule has 1 aliphatic heterocycles. The Hall–Kier alpha value is -3.14. The summed E-state index contributed by atoms with van der Waals surface area (Å²) in [6.07, 6.45) is -22.0. The fourth-order valence-electron chi connectivity index (χ4n) is 3.69. The highest BCUT2D eigenvalue weighted by atomic mass is 19.4. The first-order valence-electron chi connectivity index (χ1n) is 9.79. The summed E-state index contributed by atoms with van der Waals surface area (Å²) >= 11 is 0. The molecule has 196 valence electrons. The fourth-order valence-corrected chi connectivity index (χ4v) is 3.69. The molecule has 35 heavy (non-hydrogen) atoms. The van der Waals surface area contributed by atoms with Crippen LogP contribution in [0.1, 0.15) is 32.1 Å². The van der Waals surface area contributed by atoms with Crippen molar-refractivity contribution in [3.8, 4) is 11.5 Å². The van der Waals surface area contributed by atoms with Gasteiger partial charge in [0, 0.05) is 6.07 Å². The van der Waals surface area contributed by atoms with E-state index in [9.17, 15) is 43.9 Å². The van der Waals surface area contributed by atoms with Crippen molar-refractivity contribution >= 4 is 17.6 Å². The van der Waals surface area contributed by atoms with Crippen molar-refractivity contribution in [2.45, 2.75) is 62.3 Å². The van der Waals surface area contributed by atoms with Crippen LogP contribution in [0.4, 0.5) is 49.6 Å². The maximum atomic E-state index is 13.7. The molecule has 2 aliphatic rings. The fraction of sp³-hybridized carbons (Fsp3) is 0.556. The van der Waals surface area contributed by atoms with Crippen molar-refractivity contribution < 1.29 is 53.4 Å². The summed E-state index contributed by atoms with van der Waals surface area (Å²) in [6, 6.07) is 0.951. The molecule has 17 heteroatoms. The second-order valence-corrected chi connectivity index (χ2v) is 7.68. The normalized spacial score (nSPS) is 19.3. The molecule has 0 radical (unpaired) electrons. The minimum absolute atomic E-state index is 0.114. The quantitative estimate of drug-likeness (QED) is 0.535. The molecular formula is C18H17F10N5O2. The Kier molecular flexibility index (Phi) is 6.44. The average molecular weight is 525 g/mol. The molecule has 0 saturated heterocycles. The van der Waals surface area contributed by atoms with Gasteiger partial charge in [0.2, 0.25) is 11.9 Å². The Morgan fingerprint density at radius 1 is 0.800 bits per heavy atom. The number of aliphatic imine (C=N–C) groups is 2. The Morgan fingerprint density at radius 2 is 1.34 bits per heavy atom. The highest BCUT2D eigenvalue weighted by Gasteiger charge is 2.62. The van der Waals surface area contributed by atoms with Crippen molar-refractivity contribution in [2.75, 3.05) is 4.90 Å². The predicted molar refractivity (Wildman–Crippen MR) is 101 cm³/mol. The number of hydrogen-bond donors (Lipinski definition) is 2. The molecule has 0 aromatic heterocycles. The Bertz CT molecular complexity index is 1020. The van der Waals surface area contributed by atoms with Gasteiger partial charge in [0.25, 0.3) is 0 Å². The van der Waals surface area contributed by atoms with Gasteiger partial charge in [0.15, 0.2) is 5.75 Å².